The van der Waals surface area contributed by atoms with Crippen LogP contribution in [0, 0.1) is 5.92 Å². The lowest BCUT2D eigenvalue weighted by Gasteiger charge is -2.32. The Bertz CT molecular complexity index is 692. The van der Waals surface area contributed by atoms with Gasteiger partial charge in [0.2, 0.25) is 0 Å². The van der Waals surface area contributed by atoms with Crippen LogP contribution in [0.5, 0.6) is 5.75 Å². The highest BCUT2D eigenvalue weighted by Gasteiger charge is 2.36. The minimum atomic E-state index is -0.224. The molecule has 150 valence electrons. The van der Waals surface area contributed by atoms with Gasteiger partial charge < -0.3 is 14.9 Å². The van der Waals surface area contributed by atoms with Crippen LogP contribution in [-0.2, 0) is 10.8 Å². The molecule has 27 heavy (non-hydrogen) atoms. The largest absolute Gasteiger partial charge is 0.507 e. The maximum atomic E-state index is 13.5. The van der Waals surface area contributed by atoms with Gasteiger partial charge in [0.05, 0.1) is 0 Å². The molecule has 1 N–H and O–H groups in total. The summed E-state index contributed by atoms with van der Waals surface area (Å²) in [5.41, 5.74) is 1.98. The first-order valence-corrected chi connectivity index (χ1v) is 10.3. The fourth-order valence-corrected chi connectivity index (χ4v) is 4.57. The van der Waals surface area contributed by atoms with Crippen LogP contribution in [0.3, 0.4) is 0 Å². The van der Waals surface area contributed by atoms with E-state index in [9.17, 15) is 9.90 Å². The Kier molecular flexibility index (Phi) is 5.09. The van der Waals surface area contributed by atoms with Gasteiger partial charge in [-0.2, -0.15) is 0 Å². The lowest BCUT2D eigenvalue weighted by Crippen LogP contribution is -2.42. The maximum Gasteiger partial charge on any atom is 0.253 e. The molecular weight excluding hydrogens is 336 g/mol. The van der Waals surface area contributed by atoms with Crippen LogP contribution in [0.2, 0.25) is 0 Å². The molecule has 0 unspecified atom stereocenters. The minimum Gasteiger partial charge on any atom is -0.507 e. The standard InChI is InChI=1S/C23H36N2O2/c1-22(2,3)18-10-16(11-19(20(18)26)23(4,5)6)21(27)25-13-15-8-9-17(14-25)24(7)12-15/h10-11,15,17,26H,8-9,12-14H2,1-7H3/t15-,17-/m1/s1. The lowest BCUT2D eigenvalue weighted by atomic mass is 9.78. The molecule has 4 heteroatoms. The number of amides is 1. The van der Waals surface area contributed by atoms with Crippen LogP contribution in [-0.4, -0.2) is 53.5 Å². The van der Waals surface area contributed by atoms with Crippen LogP contribution < -0.4 is 0 Å². The molecule has 2 atom stereocenters. The van der Waals surface area contributed by atoms with E-state index >= 15 is 0 Å². The van der Waals surface area contributed by atoms with Gasteiger partial charge in [-0.25, -0.2) is 0 Å². The van der Waals surface area contributed by atoms with E-state index in [1.54, 1.807) is 0 Å². The number of fused-ring (bicyclic) bond motifs is 4. The van der Waals surface area contributed by atoms with Gasteiger partial charge in [0.25, 0.3) is 5.91 Å². The number of aromatic hydroxyl groups is 1. The van der Waals surface area contributed by atoms with Gasteiger partial charge in [-0.1, -0.05) is 41.5 Å². The summed E-state index contributed by atoms with van der Waals surface area (Å²) in [4.78, 5) is 17.9. The minimum absolute atomic E-state index is 0.109. The second-order valence-corrected chi connectivity index (χ2v) is 10.7. The third-order valence-corrected chi connectivity index (χ3v) is 6.25. The van der Waals surface area contributed by atoms with E-state index in [0.717, 1.165) is 30.8 Å². The zero-order valence-electron chi connectivity index (χ0n) is 18.1. The number of hydrogen-bond donors (Lipinski definition) is 1. The quantitative estimate of drug-likeness (QED) is 0.805. The van der Waals surface area contributed by atoms with Crippen LogP contribution >= 0.6 is 0 Å². The number of piperidine rings is 1. The molecule has 1 aromatic rings. The van der Waals surface area contributed by atoms with Crippen LogP contribution in [0.15, 0.2) is 12.1 Å². The second-order valence-electron chi connectivity index (χ2n) is 10.7. The zero-order chi connectivity index (χ0) is 20.1. The highest BCUT2D eigenvalue weighted by atomic mass is 16.3. The van der Waals surface area contributed by atoms with Gasteiger partial charge in [-0.15, -0.1) is 0 Å². The predicted molar refractivity (Wildman–Crippen MR) is 111 cm³/mol. The average molecular weight is 373 g/mol. The highest BCUT2D eigenvalue weighted by Crippen LogP contribution is 2.40. The van der Waals surface area contributed by atoms with Crippen molar-refractivity contribution >= 4 is 5.91 Å². The average Bonchev–Trinajstić information content (AvgIpc) is 2.83. The van der Waals surface area contributed by atoms with E-state index in [1.807, 2.05) is 12.1 Å². The lowest BCUT2D eigenvalue weighted by molar-refractivity contribution is 0.0742. The molecule has 3 aliphatic rings. The van der Waals surface area contributed by atoms with E-state index < -0.39 is 0 Å². The van der Waals surface area contributed by atoms with Gasteiger partial charge in [0.15, 0.2) is 0 Å². The molecule has 0 aromatic heterocycles. The number of nitrogens with zero attached hydrogens (tertiary/aromatic N) is 2. The monoisotopic (exact) mass is 372 g/mol. The number of hydrogen-bond acceptors (Lipinski definition) is 3. The summed E-state index contributed by atoms with van der Waals surface area (Å²) in [6.45, 7) is 15.3. The number of phenolic OH excluding ortho intramolecular Hbond substituents is 1. The Morgan fingerprint density at radius 3 is 2.00 bits per heavy atom. The van der Waals surface area contributed by atoms with E-state index in [0.29, 0.717) is 23.3 Å². The molecule has 0 aliphatic carbocycles. The molecule has 0 saturated carbocycles. The molecule has 3 fully saturated rings. The molecule has 4 nitrogen and oxygen atoms in total. The van der Waals surface area contributed by atoms with Crippen LogP contribution in [0.4, 0.5) is 0 Å². The van der Waals surface area contributed by atoms with Crippen molar-refractivity contribution in [3.05, 3.63) is 28.8 Å². The zero-order valence-corrected chi connectivity index (χ0v) is 18.1. The second kappa shape index (κ2) is 6.80. The van der Waals surface area contributed by atoms with E-state index in [2.05, 4.69) is 58.4 Å². The summed E-state index contributed by atoms with van der Waals surface area (Å²) in [5.74, 6) is 1.01. The molecule has 2 bridgehead atoms. The Balaban J connectivity index is 2.02. The molecular formula is C23H36N2O2. The van der Waals surface area contributed by atoms with Crippen molar-refractivity contribution in [2.75, 3.05) is 26.7 Å². The van der Waals surface area contributed by atoms with Gasteiger partial charge in [-0.05, 0) is 48.8 Å². The highest BCUT2D eigenvalue weighted by molar-refractivity contribution is 5.95. The molecule has 3 heterocycles. The van der Waals surface area contributed by atoms with Crippen molar-refractivity contribution in [1.29, 1.82) is 0 Å². The molecule has 0 radical (unpaired) electrons. The number of carbonyl (C=O) groups excluding carboxylic acids is 1. The Morgan fingerprint density at radius 1 is 0.963 bits per heavy atom. The molecule has 3 saturated heterocycles. The van der Waals surface area contributed by atoms with Gasteiger partial charge in [-0.3, -0.25) is 4.79 Å². The third-order valence-electron chi connectivity index (χ3n) is 6.25. The number of carbonyl (C=O) groups is 1. The molecule has 1 amide bonds. The topological polar surface area (TPSA) is 43.8 Å². The van der Waals surface area contributed by atoms with Crippen LogP contribution in [0.25, 0.3) is 0 Å². The summed E-state index contributed by atoms with van der Waals surface area (Å²) >= 11 is 0. The van der Waals surface area contributed by atoms with Crippen LogP contribution in [0.1, 0.15) is 75.9 Å². The number of likely N-dealkylation sites (N-methyl/N-ethyl adjacent to an activating group) is 1. The number of phenols is 1. The fourth-order valence-electron chi connectivity index (χ4n) is 4.57. The summed E-state index contributed by atoms with van der Waals surface area (Å²) in [5, 5.41) is 10.9. The van der Waals surface area contributed by atoms with Crippen molar-refractivity contribution in [2.45, 2.75) is 71.3 Å². The van der Waals surface area contributed by atoms with Gasteiger partial charge >= 0.3 is 0 Å². The molecule has 1 aromatic carbocycles. The Morgan fingerprint density at radius 2 is 1.52 bits per heavy atom. The molecule has 4 rings (SSSR count). The SMILES string of the molecule is CN1C[C@H]2CC[C@@H]1CN(C(=O)c1cc(C(C)(C)C)c(O)c(C(C)(C)C)c1)C2. The maximum absolute atomic E-state index is 13.5. The van der Waals surface area contributed by atoms with E-state index in [4.69, 9.17) is 0 Å². The number of rotatable bonds is 1. The van der Waals surface area contributed by atoms with Crippen molar-refractivity contribution < 1.29 is 9.90 Å². The van der Waals surface area contributed by atoms with Crippen molar-refractivity contribution in [1.82, 2.24) is 9.80 Å². The van der Waals surface area contributed by atoms with Crippen molar-refractivity contribution in [2.24, 2.45) is 5.92 Å². The Hall–Kier alpha value is -1.55. The van der Waals surface area contributed by atoms with E-state index in [-0.39, 0.29) is 16.7 Å². The van der Waals surface area contributed by atoms with Crippen molar-refractivity contribution in [3.8, 4) is 5.75 Å². The Labute approximate surface area is 164 Å². The first-order valence-electron chi connectivity index (χ1n) is 10.3. The normalized spacial score (nSPS) is 24.2. The third kappa shape index (κ3) is 4.01. The number of benzene rings is 1. The fraction of sp³-hybridized carbons (Fsp3) is 0.696. The van der Waals surface area contributed by atoms with Gasteiger partial charge in [0, 0.05) is 42.4 Å². The molecule has 0 spiro atoms. The summed E-state index contributed by atoms with van der Waals surface area (Å²) < 4.78 is 0. The predicted octanol–water partition coefficient (Wildman–Crippen LogP) is 4.15. The first kappa shape index (κ1) is 20.2. The molecule has 3 aliphatic heterocycles. The summed E-state index contributed by atoms with van der Waals surface area (Å²) in [6.07, 6.45) is 2.40. The van der Waals surface area contributed by atoms with Crippen molar-refractivity contribution in [3.63, 3.8) is 0 Å². The smallest absolute Gasteiger partial charge is 0.253 e. The first-order chi connectivity index (χ1) is 12.4. The summed E-state index contributed by atoms with van der Waals surface area (Å²) in [6, 6.07) is 4.31. The van der Waals surface area contributed by atoms with Gasteiger partial charge in [0.1, 0.15) is 5.75 Å². The summed E-state index contributed by atoms with van der Waals surface area (Å²) in [7, 11) is 2.18. The van der Waals surface area contributed by atoms with E-state index in [1.165, 1.54) is 12.8 Å².